The average Bonchev–Trinajstić information content (AvgIpc) is 3.47. The van der Waals surface area contributed by atoms with Gasteiger partial charge in [-0.3, -0.25) is 9.69 Å². The van der Waals surface area contributed by atoms with Crippen LogP contribution in [0.3, 0.4) is 0 Å². The van der Waals surface area contributed by atoms with Crippen LogP contribution in [0, 0.1) is 0 Å². The van der Waals surface area contributed by atoms with Gasteiger partial charge in [-0.05, 0) is 51.2 Å². The number of thiophene rings is 1. The number of methoxy groups -OCH3 is 1. The molecule has 3 heterocycles. The zero-order valence-corrected chi connectivity index (χ0v) is 23.5. The Morgan fingerprint density at radius 3 is 2.60 bits per heavy atom. The topological polar surface area (TPSA) is 83.0 Å². The first-order valence-corrected chi connectivity index (χ1v) is 14.8. The van der Waals surface area contributed by atoms with Gasteiger partial charge in [0.1, 0.15) is 21.5 Å². The van der Waals surface area contributed by atoms with Crippen molar-refractivity contribution in [3.8, 4) is 5.75 Å². The second-order valence-electron chi connectivity index (χ2n) is 8.40. The highest BCUT2D eigenvalue weighted by Gasteiger charge is 2.41. The number of carbonyl (C=O) groups excluding carboxylic acids is 1. The van der Waals surface area contributed by atoms with Gasteiger partial charge in [-0.2, -0.15) is 4.31 Å². The first-order valence-electron chi connectivity index (χ1n) is 11.0. The maximum atomic E-state index is 14.0. The summed E-state index contributed by atoms with van der Waals surface area (Å²) in [6.45, 7) is 1.20. The zero-order valence-electron chi connectivity index (χ0n) is 19.5. The number of hydrogen-bond acceptors (Lipinski definition) is 8. The molecule has 13 heteroatoms. The molecule has 3 aromatic rings. The Labute approximate surface area is 223 Å². The number of hydrogen-bond donors (Lipinski definition) is 0. The van der Waals surface area contributed by atoms with Crippen LogP contribution in [0.25, 0.3) is 10.2 Å². The van der Waals surface area contributed by atoms with Gasteiger partial charge in [0.05, 0.1) is 21.2 Å². The van der Waals surface area contributed by atoms with Crippen molar-refractivity contribution in [3.63, 3.8) is 0 Å². The maximum absolute atomic E-state index is 14.0. The maximum Gasteiger partial charge on any atom is 0.253 e. The normalized spacial score (nSPS) is 17.3. The van der Waals surface area contributed by atoms with Gasteiger partial charge < -0.3 is 9.64 Å². The van der Waals surface area contributed by atoms with Crippen molar-refractivity contribution in [2.24, 2.45) is 0 Å². The molecular formula is C22H26Cl2N4O4S3. The summed E-state index contributed by atoms with van der Waals surface area (Å²) in [6.07, 6.45) is 1.88. The van der Waals surface area contributed by atoms with E-state index >= 15 is 0 Å². The number of thiazole rings is 1. The number of piperidine rings is 1. The third-order valence-corrected chi connectivity index (χ3v) is 10.9. The molecule has 0 saturated carbocycles. The summed E-state index contributed by atoms with van der Waals surface area (Å²) >= 11 is 14.7. The summed E-state index contributed by atoms with van der Waals surface area (Å²) in [5, 5.41) is 0.973. The van der Waals surface area contributed by atoms with Crippen LogP contribution in [-0.2, 0) is 14.8 Å². The van der Waals surface area contributed by atoms with Crippen LogP contribution in [-0.4, -0.2) is 75.4 Å². The molecular weight excluding hydrogens is 551 g/mol. The van der Waals surface area contributed by atoms with Crippen molar-refractivity contribution in [1.29, 1.82) is 0 Å². The van der Waals surface area contributed by atoms with E-state index in [4.69, 9.17) is 32.9 Å². The van der Waals surface area contributed by atoms with Crippen molar-refractivity contribution in [2.75, 3.05) is 45.7 Å². The number of aromatic nitrogens is 1. The summed E-state index contributed by atoms with van der Waals surface area (Å²) < 4.78 is 34.9. The lowest BCUT2D eigenvalue weighted by Crippen LogP contribution is -2.53. The van der Waals surface area contributed by atoms with E-state index in [1.165, 1.54) is 21.7 Å². The Kier molecular flexibility index (Phi) is 8.26. The zero-order chi connectivity index (χ0) is 25.3. The van der Waals surface area contributed by atoms with Crippen molar-refractivity contribution in [1.82, 2.24) is 14.2 Å². The van der Waals surface area contributed by atoms with Gasteiger partial charge in [0.2, 0.25) is 5.91 Å². The monoisotopic (exact) mass is 576 g/mol. The number of carbonyl (C=O) groups is 1. The smallest absolute Gasteiger partial charge is 0.253 e. The predicted molar refractivity (Wildman–Crippen MR) is 143 cm³/mol. The van der Waals surface area contributed by atoms with E-state index in [1.807, 2.05) is 19.0 Å². The second-order valence-corrected chi connectivity index (χ2v) is 13.6. The molecule has 2 aromatic heterocycles. The van der Waals surface area contributed by atoms with E-state index in [1.54, 1.807) is 30.2 Å². The van der Waals surface area contributed by atoms with Gasteiger partial charge >= 0.3 is 0 Å². The number of nitrogens with zero attached hydrogens (tertiary/aromatic N) is 4. The number of halogens is 2. The minimum Gasteiger partial charge on any atom is -0.494 e. The van der Waals surface area contributed by atoms with Gasteiger partial charge in [-0.1, -0.05) is 41.0 Å². The van der Waals surface area contributed by atoms with E-state index < -0.39 is 16.1 Å². The number of anilines is 1. The van der Waals surface area contributed by atoms with E-state index in [9.17, 15) is 13.2 Å². The predicted octanol–water partition coefficient (Wildman–Crippen LogP) is 4.81. The van der Waals surface area contributed by atoms with Gasteiger partial charge in [-0.15, -0.1) is 11.3 Å². The first-order chi connectivity index (χ1) is 16.6. The standard InChI is InChI=1S/C22H26Cl2N4O4S3/c1-26(2)12-13-27(22-25-19-16(32-3)8-7-14(23)20(19)34-22)21(29)15-6-4-5-11-28(15)35(30,31)18-10-9-17(24)33-18/h7-10,15H,4-6,11-13H2,1-3H3. The summed E-state index contributed by atoms with van der Waals surface area (Å²) in [6, 6.07) is 5.69. The third-order valence-electron chi connectivity index (χ3n) is 5.79. The van der Waals surface area contributed by atoms with Crippen molar-refractivity contribution < 1.29 is 17.9 Å². The molecule has 0 bridgehead atoms. The number of rotatable bonds is 8. The number of benzene rings is 1. The first kappa shape index (κ1) is 26.6. The fraction of sp³-hybridized carbons (Fsp3) is 0.455. The molecule has 1 aromatic carbocycles. The Morgan fingerprint density at radius 2 is 1.94 bits per heavy atom. The molecule has 1 aliphatic heterocycles. The number of fused-ring (bicyclic) bond motifs is 1. The van der Waals surface area contributed by atoms with Crippen LogP contribution >= 0.6 is 45.9 Å². The molecule has 0 spiro atoms. The van der Waals surface area contributed by atoms with Crippen molar-refractivity contribution in [2.45, 2.75) is 29.5 Å². The molecule has 0 radical (unpaired) electrons. The Morgan fingerprint density at radius 1 is 1.17 bits per heavy atom. The summed E-state index contributed by atoms with van der Waals surface area (Å²) in [7, 11) is 1.51. The summed E-state index contributed by atoms with van der Waals surface area (Å²) in [5.41, 5.74) is 0.573. The van der Waals surface area contributed by atoms with Gasteiger partial charge in [0.15, 0.2) is 5.13 Å². The molecule has 1 fully saturated rings. The molecule has 4 rings (SSSR count). The van der Waals surface area contributed by atoms with Crippen molar-refractivity contribution >= 4 is 77.2 Å². The Balaban J connectivity index is 1.74. The molecule has 0 aliphatic carbocycles. The fourth-order valence-electron chi connectivity index (χ4n) is 3.99. The largest absolute Gasteiger partial charge is 0.494 e. The summed E-state index contributed by atoms with van der Waals surface area (Å²) in [5.74, 6) is 0.260. The van der Waals surface area contributed by atoms with Crippen LogP contribution in [0.2, 0.25) is 9.36 Å². The van der Waals surface area contributed by atoms with E-state index in [0.29, 0.717) is 56.4 Å². The summed E-state index contributed by atoms with van der Waals surface area (Å²) in [4.78, 5) is 22.2. The quantitative estimate of drug-likeness (QED) is 0.382. The SMILES string of the molecule is COc1ccc(Cl)c2sc(N(CCN(C)C)C(=O)C3CCCCN3S(=O)(=O)c3ccc(Cl)s3)nc12. The molecule has 190 valence electrons. The Hall–Kier alpha value is -1.47. The van der Waals surface area contributed by atoms with Crippen LogP contribution in [0.1, 0.15) is 19.3 Å². The van der Waals surface area contributed by atoms with Gasteiger partial charge in [0, 0.05) is 19.6 Å². The third kappa shape index (κ3) is 5.46. The number of likely N-dealkylation sites (N-methyl/N-ethyl adjacent to an activating group) is 1. The fourth-order valence-corrected chi connectivity index (χ4v) is 8.54. The molecule has 1 saturated heterocycles. The molecule has 0 N–H and O–H groups in total. The van der Waals surface area contributed by atoms with E-state index in [0.717, 1.165) is 17.8 Å². The lowest BCUT2D eigenvalue weighted by molar-refractivity contribution is -0.123. The molecule has 35 heavy (non-hydrogen) atoms. The number of ether oxygens (including phenoxy) is 1. The van der Waals surface area contributed by atoms with Crippen molar-refractivity contribution in [3.05, 3.63) is 33.6 Å². The highest BCUT2D eigenvalue weighted by atomic mass is 35.5. The lowest BCUT2D eigenvalue weighted by atomic mass is 10.0. The molecule has 8 nitrogen and oxygen atoms in total. The lowest BCUT2D eigenvalue weighted by Gasteiger charge is -2.36. The van der Waals surface area contributed by atoms with E-state index in [-0.39, 0.29) is 16.7 Å². The highest BCUT2D eigenvalue weighted by molar-refractivity contribution is 7.91. The van der Waals surface area contributed by atoms with Crippen LogP contribution in [0.15, 0.2) is 28.5 Å². The van der Waals surface area contributed by atoms with Gasteiger partial charge in [0.25, 0.3) is 10.0 Å². The molecule has 1 unspecified atom stereocenters. The highest BCUT2D eigenvalue weighted by Crippen LogP contribution is 2.40. The van der Waals surface area contributed by atoms with Gasteiger partial charge in [-0.25, -0.2) is 13.4 Å². The van der Waals surface area contributed by atoms with Crippen LogP contribution in [0.4, 0.5) is 5.13 Å². The second kappa shape index (κ2) is 10.9. The molecule has 1 aliphatic rings. The van der Waals surface area contributed by atoms with Crippen LogP contribution in [0.5, 0.6) is 5.75 Å². The van der Waals surface area contributed by atoms with E-state index in [2.05, 4.69) is 0 Å². The minimum atomic E-state index is -3.87. The molecule has 1 atom stereocenters. The van der Waals surface area contributed by atoms with Crippen LogP contribution < -0.4 is 9.64 Å². The minimum absolute atomic E-state index is 0.138. The Bertz CT molecular complexity index is 1330. The number of sulfonamides is 1. The average molecular weight is 578 g/mol. The number of amides is 1. The molecule has 1 amide bonds.